The number of carbonyl (C=O) groups is 1. The summed E-state index contributed by atoms with van der Waals surface area (Å²) < 4.78 is 18.5. The third-order valence-electron chi connectivity index (χ3n) is 21.7. The Morgan fingerprint density at radius 2 is 0.769 bits per heavy atom. The van der Waals surface area contributed by atoms with Crippen LogP contribution in [-0.2, 0) is 31.6 Å². The van der Waals surface area contributed by atoms with Gasteiger partial charge in [0.1, 0.15) is 78.8 Å². The molecule has 4 fully saturated rings. The molecule has 612 valence electrons. The summed E-state index contributed by atoms with van der Waals surface area (Å²) in [5.74, 6) is 4.06. The lowest BCUT2D eigenvalue weighted by atomic mass is 10.1. The fraction of sp³-hybridized carbons (Fsp3) is 0.228. The lowest BCUT2D eigenvalue weighted by molar-refractivity contribution is 0.112. The summed E-state index contributed by atoms with van der Waals surface area (Å²) in [5, 5.41) is 47.1. The number of phenolic OH excluding ortho intramolecular Hbond substituents is 1. The number of aliphatic hydroxyl groups excluding tert-OH is 2. The van der Waals surface area contributed by atoms with E-state index in [-0.39, 0.29) is 29.9 Å². The molecule has 4 saturated heterocycles. The van der Waals surface area contributed by atoms with Crippen LogP contribution >= 0.6 is 61.7 Å². The van der Waals surface area contributed by atoms with Gasteiger partial charge in [0, 0.05) is 129 Å². The number of alkyl halides is 1. The van der Waals surface area contributed by atoms with Crippen molar-refractivity contribution in [3.8, 4) is 17.0 Å². The Kier molecular flexibility index (Phi) is 26.1. The van der Waals surface area contributed by atoms with Crippen LogP contribution in [0, 0.1) is 9.52 Å². The number of hydrogen-bond donors (Lipinski definition) is 5. The van der Waals surface area contributed by atoms with Gasteiger partial charge in [-0.05, 0) is 159 Å². The summed E-state index contributed by atoms with van der Waals surface area (Å²) in [7, 11) is 0. The third kappa shape index (κ3) is 18.8. The minimum atomic E-state index is -0.567. The number of pyridine rings is 6. The molecule has 4 aliphatic heterocycles. The first kappa shape index (κ1) is 82.7. The quantitative estimate of drug-likeness (QED) is 0.0310. The summed E-state index contributed by atoms with van der Waals surface area (Å²) >= 11 is 17.4. The number of benzene rings is 7. The van der Waals surface area contributed by atoms with Crippen LogP contribution in [0.3, 0.4) is 0 Å². The van der Waals surface area contributed by atoms with Crippen molar-refractivity contribution in [1.82, 2.24) is 69.4 Å². The van der Waals surface area contributed by atoms with E-state index in [0.717, 1.165) is 191 Å². The van der Waals surface area contributed by atoms with Crippen molar-refractivity contribution in [2.24, 2.45) is 0 Å². The van der Waals surface area contributed by atoms with E-state index in [1.54, 1.807) is 10.7 Å². The number of nitrogens with two attached hydrogens (primary N) is 2. The minimum absolute atomic E-state index is 0.0592. The molecule has 121 heavy (non-hydrogen) atoms. The number of nitrogens with zero attached hydrogens (tertiary/aromatic N) is 18. The molecule has 0 spiro atoms. The normalized spacial score (nSPS) is 13.8. The SMILES string of the molecule is BrCc1cc2ccccc2nc1N1CCCC1.Nc1ncnc2c1c(-c1cc(O)cc(F)c1)nn2Cc1cc2ccccc2nc1N1CCCC1.Nc1ncnc2c1c(I)nn2Cc1cc2ccccc2nc1N1CCCC1.O=Cc1cc2ccccc2nc1Cl.OCc1cc2ccccc2nc1Cl.OCc1cc2ccccc2nc1N1CCCC1. The van der Waals surface area contributed by atoms with E-state index in [0.29, 0.717) is 63.8 Å². The molecular weight excluding hydrogens is 1750 g/mol. The number of nitrogen functional groups attached to an aromatic ring is 2. The van der Waals surface area contributed by atoms with Gasteiger partial charge in [-0.1, -0.05) is 148 Å². The maximum absolute atomic E-state index is 14.1. The molecular formula is C92H85BrCl2FIN20O4. The number of aldehydes is 1. The van der Waals surface area contributed by atoms with Gasteiger partial charge in [-0.25, -0.2) is 63.6 Å². The Hall–Kier alpha value is -12.0. The average molecular weight is 1830 g/mol. The number of aliphatic hydroxyl groups is 2. The van der Waals surface area contributed by atoms with E-state index in [2.05, 4.69) is 154 Å². The van der Waals surface area contributed by atoms with E-state index in [1.807, 2.05) is 120 Å². The van der Waals surface area contributed by atoms with Gasteiger partial charge in [-0.15, -0.1) is 0 Å². The molecule has 7 N–H and O–H groups in total. The molecule has 29 heteroatoms. The molecule has 0 atom stereocenters. The molecule has 24 nitrogen and oxygen atoms in total. The van der Waals surface area contributed by atoms with Crippen LogP contribution in [0.2, 0.25) is 10.3 Å². The van der Waals surface area contributed by atoms with E-state index in [9.17, 15) is 19.4 Å². The highest BCUT2D eigenvalue weighted by atomic mass is 127. The number of carbonyl (C=O) groups excluding carboxylic acids is 1. The molecule has 17 aromatic rings. The minimum Gasteiger partial charge on any atom is -0.508 e. The first-order valence-electron chi connectivity index (χ1n) is 40.1. The summed E-state index contributed by atoms with van der Waals surface area (Å²) in [6, 6.07) is 64.0. The number of fused-ring (bicyclic) bond motifs is 8. The van der Waals surface area contributed by atoms with Crippen molar-refractivity contribution >= 4 is 190 Å². The average Bonchev–Trinajstić information content (AvgIpc) is 1.62. The van der Waals surface area contributed by atoms with Crippen molar-refractivity contribution in [2.45, 2.75) is 83.0 Å². The van der Waals surface area contributed by atoms with Crippen LogP contribution in [0.5, 0.6) is 5.75 Å². The zero-order valence-corrected chi connectivity index (χ0v) is 71.2. The molecule has 21 rings (SSSR count). The van der Waals surface area contributed by atoms with Gasteiger partial charge in [-0.2, -0.15) is 10.2 Å². The van der Waals surface area contributed by atoms with Crippen molar-refractivity contribution in [2.75, 3.05) is 83.4 Å². The van der Waals surface area contributed by atoms with Gasteiger partial charge in [0.05, 0.1) is 75.7 Å². The van der Waals surface area contributed by atoms with Gasteiger partial charge >= 0.3 is 0 Å². The van der Waals surface area contributed by atoms with Crippen molar-refractivity contribution in [1.29, 1.82) is 0 Å². The topological polar surface area (TPSA) is 307 Å². The molecule has 4 aliphatic rings. The smallest absolute Gasteiger partial charge is 0.164 e. The fourth-order valence-electron chi connectivity index (χ4n) is 15.8. The number of para-hydroxylation sites is 6. The van der Waals surface area contributed by atoms with Crippen LogP contribution in [0.15, 0.2) is 213 Å². The molecule has 14 heterocycles. The predicted octanol–water partition coefficient (Wildman–Crippen LogP) is 18.5. The second-order valence-electron chi connectivity index (χ2n) is 29.8. The number of rotatable bonds is 13. The van der Waals surface area contributed by atoms with Crippen LogP contribution in [0.25, 0.3) is 98.7 Å². The number of aromatic nitrogens is 14. The summed E-state index contributed by atoms with van der Waals surface area (Å²) in [4.78, 5) is 64.7. The highest BCUT2D eigenvalue weighted by Crippen LogP contribution is 2.37. The lowest BCUT2D eigenvalue weighted by Gasteiger charge is -2.21. The standard InChI is InChI=1S/C25H22FN7O.C19H18IN7.C14H15BrN2.C14H16N2O.C10H8ClNO.C10H6ClNO/c26-18-10-16(11-19(34)12-18)22-21-23(27)28-14-29-25(21)33(31-22)13-17-9-15-5-1-2-6-20(15)30-24(17)32-7-3-4-8-32;20-16-15-17(21)22-11-23-19(15)27(25-16)10-13-9-12-5-1-2-6-14(12)24-18(13)26-7-3-4-8-26;15-10-12-9-11-5-1-2-6-13(11)16-14(12)17-7-3-4-8-17;17-10-12-9-11-5-1-2-6-13(11)15-14(12)16-7-3-4-8-16;2*11-10-8(6-13)5-7-3-1-2-4-9(7)12-10/h1-2,5-6,9-12,14,34H,3-4,7-8,13H2,(H2,27,28,29);1-2,5-6,9,11H,3-4,7-8,10H2,(H2,21,22,23);1-2,5-6,9H,3-4,7-8,10H2;1-2,5-6,9,17H,3-4,7-8,10H2;1-5,13H,6H2;1-6H. The molecule has 0 aliphatic carbocycles. The van der Waals surface area contributed by atoms with Gasteiger partial charge in [0.15, 0.2) is 17.6 Å². The first-order valence-corrected chi connectivity index (χ1v) is 43.1. The van der Waals surface area contributed by atoms with Crippen molar-refractivity contribution in [3.05, 3.63) is 266 Å². The van der Waals surface area contributed by atoms with Crippen LogP contribution in [0.1, 0.15) is 89.5 Å². The van der Waals surface area contributed by atoms with E-state index in [1.165, 1.54) is 74.3 Å². The largest absolute Gasteiger partial charge is 0.508 e. The maximum atomic E-state index is 14.1. The monoisotopic (exact) mass is 1830 g/mol. The zero-order valence-electron chi connectivity index (χ0n) is 66.0. The van der Waals surface area contributed by atoms with E-state index in [4.69, 9.17) is 64.8 Å². The van der Waals surface area contributed by atoms with Gasteiger partial charge < -0.3 is 46.4 Å². The Morgan fingerprint density at radius 3 is 1.18 bits per heavy atom. The molecule has 0 bridgehead atoms. The molecule has 0 saturated carbocycles. The Labute approximate surface area is 728 Å². The van der Waals surface area contributed by atoms with Gasteiger partial charge in [0.25, 0.3) is 0 Å². The molecule has 10 aromatic heterocycles. The first-order chi connectivity index (χ1) is 59.1. The van der Waals surface area contributed by atoms with Gasteiger partial charge in [0.2, 0.25) is 0 Å². The van der Waals surface area contributed by atoms with Crippen molar-refractivity contribution in [3.63, 3.8) is 0 Å². The zero-order chi connectivity index (χ0) is 83.5. The molecule has 0 unspecified atom stereocenters. The number of hydrogen-bond acceptors (Lipinski definition) is 22. The van der Waals surface area contributed by atoms with E-state index >= 15 is 0 Å². The molecule has 0 radical (unpaired) electrons. The predicted molar refractivity (Wildman–Crippen MR) is 494 cm³/mol. The second-order valence-corrected chi connectivity index (χ2v) is 32.1. The summed E-state index contributed by atoms with van der Waals surface area (Å²) in [6.07, 6.45) is 13.3. The lowest BCUT2D eigenvalue weighted by Crippen LogP contribution is -2.21. The number of aromatic hydroxyl groups is 1. The van der Waals surface area contributed by atoms with Crippen LogP contribution < -0.4 is 31.1 Å². The van der Waals surface area contributed by atoms with Crippen molar-refractivity contribution < 1.29 is 24.5 Å². The van der Waals surface area contributed by atoms with E-state index < -0.39 is 5.82 Å². The third-order valence-corrected chi connectivity index (χ3v) is 23.7. The fourth-order valence-corrected chi connectivity index (χ4v) is 17.4. The Balaban J connectivity index is 0.000000112. The number of anilines is 6. The summed E-state index contributed by atoms with van der Waals surface area (Å²) in [6.45, 7) is 9.39. The summed E-state index contributed by atoms with van der Waals surface area (Å²) in [5.41, 5.74) is 25.6. The second kappa shape index (κ2) is 38.2. The molecule has 7 aromatic carbocycles. The Bertz CT molecular complexity index is 6510. The highest BCUT2D eigenvalue weighted by Gasteiger charge is 2.26. The number of halogens is 5. The highest BCUT2D eigenvalue weighted by molar-refractivity contribution is 14.1. The van der Waals surface area contributed by atoms with Crippen LogP contribution in [0.4, 0.5) is 39.3 Å². The number of phenols is 1. The van der Waals surface area contributed by atoms with Gasteiger partial charge in [-0.3, -0.25) is 4.79 Å². The Morgan fingerprint density at radius 1 is 0.421 bits per heavy atom. The van der Waals surface area contributed by atoms with Crippen LogP contribution in [-0.4, -0.2) is 143 Å². The maximum Gasteiger partial charge on any atom is 0.164 e. The molecule has 0 amide bonds.